The third-order valence-corrected chi connectivity index (χ3v) is 5.32. The summed E-state index contributed by atoms with van der Waals surface area (Å²) in [5, 5.41) is 8.50. The van der Waals surface area contributed by atoms with E-state index < -0.39 is 18.0 Å². The van der Waals surface area contributed by atoms with Gasteiger partial charge in [-0.25, -0.2) is 0 Å². The zero-order valence-electron chi connectivity index (χ0n) is 21.5. The second kappa shape index (κ2) is 15.2. The number of amides is 3. The van der Waals surface area contributed by atoms with E-state index in [1.54, 1.807) is 18.5 Å². The molecule has 3 amide bonds. The lowest BCUT2D eigenvalue weighted by Crippen LogP contribution is -2.53. The summed E-state index contributed by atoms with van der Waals surface area (Å²) < 4.78 is 0. The van der Waals surface area contributed by atoms with E-state index in [0.29, 0.717) is 19.3 Å². The number of hydrogen-bond acceptors (Lipinski definition) is 5. The number of carbonyl (C=O) groups is 4. The van der Waals surface area contributed by atoms with Crippen LogP contribution in [0.15, 0.2) is 24.5 Å². The third-order valence-electron chi connectivity index (χ3n) is 5.32. The Morgan fingerprint density at radius 3 is 2.09 bits per heavy atom. The van der Waals surface area contributed by atoms with Crippen molar-refractivity contribution in [2.24, 2.45) is 23.7 Å². The highest BCUT2D eigenvalue weighted by atomic mass is 16.2. The first kappa shape index (κ1) is 29.3. The summed E-state index contributed by atoms with van der Waals surface area (Å²) in [6.07, 6.45) is 5.77. The van der Waals surface area contributed by atoms with Crippen LogP contribution in [-0.4, -0.2) is 47.6 Å². The molecule has 0 aliphatic rings. The van der Waals surface area contributed by atoms with Crippen molar-refractivity contribution in [3.8, 4) is 0 Å². The first-order valence-corrected chi connectivity index (χ1v) is 12.2. The fraction of sp³-hybridized carbons (Fsp3) is 0.654. The maximum Gasteiger partial charge on any atom is 0.243 e. The molecule has 1 aromatic rings. The van der Waals surface area contributed by atoms with E-state index in [0.717, 1.165) is 11.8 Å². The quantitative estimate of drug-likeness (QED) is 0.338. The molecule has 0 saturated heterocycles. The van der Waals surface area contributed by atoms with Gasteiger partial charge in [0, 0.05) is 18.9 Å². The van der Waals surface area contributed by atoms with Crippen molar-refractivity contribution in [3.05, 3.63) is 30.1 Å². The van der Waals surface area contributed by atoms with Gasteiger partial charge in [-0.15, -0.1) is 0 Å². The summed E-state index contributed by atoms with van der Waals surface area (Å²) in [6, 6.07) is 2.26. The molecule has 1 aromatic heterocycles. The van der Waals surface area contributed by atoms with Gasteiger partial charge in [-0.3, -0.25) is 19.4 Å². The van der Waals surface area contributed by atoms with Gasteiger partial charge < -0.3 is 20.7 Å². The summed E-state index contributed by atoms with van der Waals surface area (Å²) in [5.74, 6) is -0.649. The molecule has 1 rings (SSSR count). The van der Waals surface area contributed by atoms with Gasteiger partial charge in [0.25, 0.3) is 0 Å². The van der Waals surface area contributed by atoms with Crippen molar-refractivity contribution in [3.63, 3.8) is 0 Å². The summed E-state index contributed by atoms with van der Waals surface area (Å²) >= 11 is 0. The van der Waals surface area contributed by atoms with Crippen LogP contribution in [0.5, 0.6) is 0 Å². The fourth-order valence-electron chi connectivity index (χ4n) is 3.77. The molecule has 0 aliphatic heterocycles. The minimum atomic E-state index is -0.747. The van der Waals surface area contributed by atoms with E-state index >= 15 is 0 Å². The van der Waals surface area contributed by atoms with Gasteiger partial charge in [-0.2, -0.15) is 0 Å². The Kier molecular flexibility index (Phi) is 13.1. The van der Waals surface area contributed by atoms with Crippen molar-refractivity contribution in [2.75, 3.05) is 6.54 Å². The number of aromatic nitrogens is 1. The molecular formula is C26H42N4O4. The van der Waals surface area contributed by atoms with Crippen LogP contribution in [0.3, 0.4) is 0 Å². The van der Waals surface area contributed by atoms with E-state index in [-0.39, 0.29) is 48.4 Å². The molecule has 0 radical (unpaired) electrons. The highest BCUT2D eigenvalue weighted by Gasteiger charge is 2.28. The van der Waals surface area contributed by atoms with Gasteiger partial charge in [-0.1, -0.05) is 47.6 Å². The van der Waals surface area contributed by atoms with Crippen LogP contribution < -0.4 is 16.0 Å². The number of rotatable bonds is 15. The molecule has 8 nitrogen and oxygen atoms in total. The van der Waals surface area contributed by atoms with Crippen LogP contribution >= 0.6 is 0 Å². The zero-order chi connectivity index (χ0) is 25.7. The van der Waals surface area contributed by atoms with E-state index in [2.05, 4.69) is 20.9 Å². The smallest absolute Gasteiger partial charge is 0.243 e. The van der Waals surface area contributed by atoms with Crippen molar-refractivity contribution in [1.82, 2.24) is 20.9 Å². The molecule has 0 bridgehead atoms. The van der Waals surface area contributed by atoms with Gasteiger partial charge >= 0.3 is 0 Å². The number of nitrogens with one attached hydrogen (secondary N) is 3. The Morgan fingerprint density at radius 1 is 0.912 bits per heavy atom. The molecule has 0 saturated carbocycles. The molecule has 0 fully saturated rings. The highest BCUT2D eigenvalue weighted by Crippen LogP contribution is 2.14. The van der Waals surface area contributed by atoms with Gasteiger partial charge in [-0.05, 0) is 48.6 Å². The van der Waals surface area contributed by atoms with Crippen LogP contribution in [0.25, 0.3) is 0 Å². The Morgan fingerprint density at radius 2 is 1.56 bits per heavy atom. The summed E-state index contributed by atoms with van der Waals surface area (Å²) in [6.45, 7) is 12.1. The van der Waals surface area contributed by atoms with Gasteiger partial charge in [0.05, 0.1) is 18.4 Å². The van der Waals surface area contributed by atoms with Gasteiger partial charge in [0.2, 0.25) is 17.7 Å². The van der Waals surface area contributed by atoms with Crippen molar-refractivity contribution >= 4 is 24.0 Å². The monoisotopic (exact) mass is 474 g/mol. The molecule has 190 valence electrons. The summed E-state index contributed by atoms with van der Waals surface area (Å²) in [4.78, 5) is 53.9. The zero-order valence-corrected chi connectivity index (χ0v) is 21.5. The molecule has 0 unspecified atom stereocenters. The minimum absolute atomic E-state index is 0.165. The maximum atomic E-state index is 13.2. The summed E-state index contributed by atoms with van der Waals surface area (Å²) in [7, 11) is 0. The first-order chi connectivity index (χ1) is 16.0. The number of hydrogen-bond donors (Lipinski definition) is 3. The van der Waals surface area contributed by atoms with E-state index in [1.807, 2.05) is 47.6 Å². The second-order valence-electron chi connectivity index (χ2n) is 10.2. The standard InChI is InChI=1S/C26H42N4O4/c1-17(2)10-21(15-28-24(32)13-20-8-7-9-27-14-20)25(33)30-23(12-19(5)6)26(34)29-22(16-31)11-18(3)4/h7-9,14,16-19,21-23H,10-13,15H2,1-6H3,(H,28,32)(H,29,34)(H,30,33)/t21-,22+,23+/m1/s1. The Bertz CT molecular complexity index is 780. The largest absolute Gasteiger partial charge is 0.355 e. The van der Waals surface area contributed by atoms with Crippen LogP contribution in [-0.2, 0) is 25.6 Å². The molecule has 0 aromatic carbocycles. The van der Waals surface area contributed by atoms with Gasteiger partial charge in [0.1, 0.15) is 12.3 Å². The number of nitrogens with zero attached hydrogens (tertiary/aromatic N) is 1. The molecule has 8 heteroatoms. The van der Waals surface area contributed by atoms with Crippen LogP contribution in [0.1, 0.15) is 66.4 Å². The van der Waals surface area contributed by atoms with Crippen molar-refractivity contribution < 1.29 is 19.2 Å². The lowest BCUT2D eigenvalue weighted by atomic mass is 9.94. The molecule has 0 spiro atoms. The maximum absolute atomic E-state index is 13.2. The molecular weight excluding hydrogens is 432 g/mol. The molecule has 34 heavy (non-hydrogen) atoms. The first-order valence-electron chi connectivity index (χ1n) is 12.2. The van der Waals surface area contributed by atoms with Crippen molar-refractivity contribution in [1.29, 1.82) is 0 Å². The van der Waals surface area contributed by atoms with Crippen LogP contribution in [0.2, 0.25) is 0 Å². The Balaban J connectivity index is 2.82. The van der Waals surface area contributed by atoms with E-state index in [1.165, 1.54) is 0 Å². The topological polar surface area (TPSA) is 117 Å². The van der Waals surface area contributed by atoms with Crippen molar-refractivity contribution in [2.45, 2.75) is 79.3 Å². The lowest BCUT2D eigenvalue weighted by molar-refractivity contribution is -0.132. The highest BCUT2D eigenvalue weighted by molar-refractivity contribution is 5.90. The predicted molar refractivity (Wildman–Crippen MR) is 133 cm³/mol. The fourth-order valence-corrected chi connectivity index (χ4v) is 3.77. The number of aldehydes is 1. The second-order valence-corrected chi connectivity index (χ2v) is 10.2. The predicted octanol–water partition coefficient (Wildman–Crippen LogP) is 2.66. The SMILES string of the molecule is CC(C)C[C@H](CNC(=O)Cc1cccnc1)C(=O)N[C@@H](CC(C)C)C(=O)N[C@H](C=O)CC(C)C. The third kappa shape index (κ3) is 11.9. The number of pyridine rings is 1. The van der Waals surface area contributed by atoms with Crippen LogP contribution in [0, 0.1) is 23.7 Å². The minimum Gasteiger partial charge on any atom is -0.355 e. The average Bonchev–Trinajstić information content (AvgIpc) is 2.75. The lowest BCUT2D eigenvalue weighted by Gasteiger charge is -2.26. The number of carbonyl (C=O) groups excluding carboxylic acids is 4. The Labute approximate surface area is 204 Å². The molecule has 1 heterocycles. The molecule has 3 atom stereocenters. The summed E-state index contributed by atoms with van der Waals surface area (Å²) in [5.41, 5.74) is 0.796. The van der Waals surface area contributed by atoms with E-state index in [4.69, 9.17) is 0 Å². The molecule has 3 N–H and O–H groups in total. The van der Waals surface area contributed by atoms with Crippen LogP contribution in [0.4, 0.5) is 0 Å². The van der Waals surface area contributed by atoms with Gasteiger partial charge in [0.15, 0.2) is 0 Å². The average molecular weight is 475 g/mol. The molecule has 0 aliphatic carbocycles. The Hall–Kier alpha value is -2.77. The normalized spacial score (nSPS) is 13.9. The van der Waals surface area contributed by atoms with E-state index in [9.17, 15) is 19.2 Å².